The van der Waals surface area contributed by atoms with Crippen LogP contribution in [-0.4, -0.2) is 10.5 Å². The van der Waals surface area contributed by atoms with Crippen molar-refractivity contribution in [2.24, 2.45) is 0 Å². The highest BCUT2D eigenvalue weighted by molar-refractivity contribution is 6.30. The molecule has 1 heterocycles. The fourth-order valence-corrected chi connectivity index (χ4v) is 4.10. The number of carbonyl (C=O) groups excluding carboxylic acids is 1. The summed E-state index contributed by atoms with van der Waals surface area (Å²) >= 11 is 6.12. The second kappa shape index (κ2) is 9.19. The van der Waals surface area contributed by atoms with E-state index in [1.54, 1.807) is 0 Å². The van der Waals surface area contributed by atoms with Crippen molar-refractivity contribution in [1.29, 1.82) is 0 Å². The summed E-state index contributed by atoms with van der Waals surface area (Å²) in [6, 6.07) is 26.2. The van der Waals surface area contributed by atoms with Crippen LogP contribution in [0, 0.1) is 0 Å². The Hall–Kier alpha value is -3.04. The lowest BCUT2D eigenvalue weighted by Gasteiger charge is -2.17. The van der Waals surface area contributed by atoms with Gasteiger partial charge in [-0.3, -0.25) is 4.79 Å². The van der Waals surface area contributed by atoms with E-state index in [4.69, 9.17) is 11.6 Å². The maximum Gasteiger partial charge on any atom is 0.221 e. The molecule has 0 unspecified atom stereocenters. The summed E-state index contributed by atoms with van der Waals surface area (Å²) in [5.74, 6) is -0.0112. The Morgan fingerprint density at radius 2 is 1.67 bits per heavy atom. The molecule has 0 saturated heterocycles. The molecule has 3 aromatic carbocycles. The fraction of sp³-hybridized carbons (Fsp3) is 0.192. The van der Waals surface area contributed by atoms with Crippen LogP contribution in [0.25, 0.3) is 10.9 Å². The SMILES string of the molecule is CCn1cc([C@H](CC(=O)NCc2ccccc2)c2ccc(Cl)cc2)c2ccccc21. The minimum Gasteiger partial charge on any atom is -0.352 e. The van der Waals surface area contributed by atoms with E-state index >= 15 is 0 Å². The summed E-state index contributed by atoms with van der Waals surface area (Å²) in [6.07, 6.45) is 2.57. The van der Waals surface area contributed by atoms with E-state index in [1.165, 1.54) is 16.5 Å². The second-order valence-electron chi connectivity index (χ2n) is 7.46. The Morgan fingerprint density at radius 3 is 2.40 bits per heavy atom. The molecule has 1 atom stereocenters. The molecule has 0 radical (unpaired) electrons. The maximum absolute atomic E-state index is 12.9. The molecule has 4 rings (SSSR count). The summed E-state index contributed by atoms with van der Waals surface area (Å²) < 4.78 is 2.25. The zero-order chi connectivity index (χ0) is 20.9. The largest absolute Gasteiger partial charge is 0.352 e. The van der Waals surface area contributed by atoms with Gasteiger partial charge in [-0.05, 0) is 41.8 Å². The third-order valence-electron chi connectivity index (χ3n) is 5.53. The maximum atomic E-state index is 12.9. The molecule has 1 N–H and O–H groups in total. The van der Waals surface area contributed by atoms with Crippen LogP contribution in [0.15, 0.2) is 85.1 Å². The van der Waals surface area contributed by atoms with Crippen molar-refractivity contribution in [3.63, 3.8) is 0 Å². The first-order chi connectivity index (χ1) is 14.7. The van der Waals surface area contributed by atoms with Gasteiger partial charge in [0.1, 0.15) is 0 Å². The number of benzene rings is 3. The molecule has 0 saturated carbocycles. The number of hydrogen-bond donors (Lipinski definition) is 1. The van der Waals surface area contributed by atoms with E-state index < -0.39 is 0 Å². The van der Waals surface area contributed by atoms with E-state index in [0.717, 1.165) is 17.7 Å². The van der Waals surface area contributed by atoms with Crippen molar-refractivity contribution in [1.82, 2.24) is 9.88 Å². The number of carbonyl (C=O) groups is 1. The summed E-state index contributed by atoms with van der Waals surface area (Å²) in [4.78, 5) is 12.9. The summed E-state index contributed by atoms with van der Waals surface area (Å²) in [5.41, 5.74) is 4.55. The van der Waals surface area contributed by atoms with Gasteiger partial charge in [0.25, 0.3) is 0 Å². The number of aryl methyl sites for hydroxylation is 1. The topological polar surface area (TPSA) is 34.0 Å². The highest BCUT2D eigenvalue weighted by Crippen LogP contribution is 2.35. The van der Waals surface area contributed by atoms with Crippen LogP contribution < -0.4 is 5.32 Å². The highest BCUT2D eigenvalue weighted by Gasteiger charge is 2.22. The van der Waals surface area contributed by atoms with E-state index in [2.05, 4.69) is 47.3 Å². The molecule has 4 aromatic rings. The summed E-state index contributed by atoms with van der Waals surface area (Å²) in [7, 11) is 0. The lowest BCUT2D eigenvalue weighted by Crippen LogP contribution is -2.25. The standard InChI is InChI=1S/C26H25ClN2O/c1-2-29-18-24(22-10-6-7-11-25(22)29)23(20-12-14-21(27)15-13-20)16-26(30)28-17-19-8-4-3-5-9-19/h3-15,18,23H,2,16-17H2,1H3,(H,28,30)/t23-/m1/s1. The number of halogens is 1. The van der Waals surface area contributed by atoms with E-state index in [-0.39, 0.29) is 11.8 Å². The molecule has 0 bridgehead atoms. The molecule has 1 amide bonds. The first kappa shape index (κ1) is 20.2. The van der Waals surface area contributed by atoms with Gasteiger partial charge in [-0.2, -0.15) is 0 Å². The molecular weight excluding hydrogens is 392 g/mol. The van der Waals surface area contributed by atoms with Crippen molar-refractivity contribution < 1.29 is 4.79 Å². The molecule has 0 aliphatic carbocycles. The first-order valence-corrected chi connectivity index (χ1v) is 10.7. The Morgan fingerprint density at radius 1 is 0.967 bits per heavy atom. The summed E-state index contributed by atoms with van der Waals surface area (Å²) in [6.45, 7) is 3.55. The van der Waals surface area contributed by atoms with Gasteiger partial charge in [0, 0.05) is 47.6 Å². The van der Waals surface area contributed by atoms with Crippen LogP contribution in [-0.2, 0) is 17.9 Å². The Kier molecular flexibility index (Phi) is 6.20. The molecule has 3 nitrogen and oxygen atoms in total. The average molecular weight is 417 g/mol. The van der Waals surface area contributed by atoms with Gasteiger partial charge in [0.15, 0.2) is 0 Å². The van der Waals surface area contributed by atoms with E-state index in [9.17, 15) is 4.79 Å². The number of amides is 1. The number of para-hydroxylation sites is 1. The van der Waals surface area contributed by atoms with Gasteiger partial charge in [-0.25, -0.2) is 0 Å². The van der Waals surface area contributed by atoms with Gasteiger partial charge >= 0.3 is 0 Å². The predicted molar refractivity (Wildman–Crippen MR) is 124 cm³/mol. The highest BCUT2D eigenvalue weighted by atomic mass is 35.5. The van der Waals surface area contributed by atoms with E-state index in [1.807, 2.05) is 54.6 Å². The van der Waals surface area contributed by atoms with Crippen molar-refractivity contribution >= 4 is 28.4 Å². The van der Waals surface area contributed by atoms with Crippen LogP contribution in [0.3, 0.4) is 0 Å². The number of nitrogens with zero attached hydrogens (tertiary/aromatic N) is 1. The lowest BCUT2D eigenvalue weighted by molar-refractivity contribution is -0.121. The van der Waals surface area contributed by atoms with Crippen molar-refractivity contribution in [2.75, 3.05) is 0 Å². The fourth-order valence-electron chi connectivity index (χ4n) is 3.97. The van der Waals surface area contributed by atoms with Crippen molar-refractivity contribution in [3.8, 4) is 0 Å². The van der Waals surface area contributed by atoms with Crippen LogP contribution >= 0.6 is 11.6 Å². The monoisotopic (exact) mass is 416 g/mol. The predicted octanol–water partition coefficient (Wildman–Crippen LogP) is 6.15. The van der Waals surface area contributed by atoms with Gasteiger partial charge in [0.05, 0.1) is 0 Å². The van der Waals surface area contributed by atoms with Crippen LogP contribution in [0.1, 0.15) is 36.0 Å². The van der Waals surface area contributed by atoms with Crippen LogP contribution in [0.2, 0.25) is 5.02 Å². The zero-order valence-corrected chi connectivity index (χ0v) is 17.8. The normalized spacial score (nSPS) is 12.1. The van der Waals surface area contributed by atoms with Gasteiger partial charge in [-0.15, -0.1) is 0 Å². The molecular formula is C26H25ClN2O. The molecule has 4 heteroatoms. The Bertz CT molecular complexity index is 1130. The number of hydrogen-bond acceptors (Lipinski definition) is 1. The quantitative estimate of drug-likeness (QED) is 0.385. The Labute approximate surface area is 182 Å². The second-order valence-corrected chi connectivity index (χ2v) is 7.89. The smallest absolute Gasteiger partial charge is 0.221 e. The molecule has 0 aliphatic heterocycles. The third-order valence-corrected chi connectivity index (χ3v) is 5.78. The minimum atomic E-state index is -0.0456. The Balaban J connectivity index is 1.65. The van der Waals surface area contributed by atoms with Gasteiger partial charge in [0.2, 0.25) is 5.91 Å². The molecule has 30 heavy (non-hydrogen) atoms. The van der Waals surface area contributed by atoms with Crippen LogP contribution in [0.4, 0.5) is 0 Å². The molecule has 0 spiro atoms. The average Bonchev–Trinajstić information content (AvgIpc) is 3.16. The lowest BCUT2D eigenvalue weighted by atomic mass is 9.88. The van der Waals surface area contributed by atoms with Crippen LogP contribution in [0.5, 0.6) is 0 Å². The number of nitrogens with one attached hydrogen (secondary N) is 1. The first-order valence-electron chi connectivity index (χ1n) is 10.3. The number of aromatic nitrogens is 1. The third kappa shape index (κ3) is 4.42. The molecule has 0 fully saturated rings. The summed E-state index contributed by atoms with van der Waals surface area (Å²) in [5, 5.41) is 4.96. The number of fused-ring (bicyclic) bond motifs is 1. The van der Waals surface area contributed by atoms with E-state index in [0.29, 0.717) is 18.0 Å². The minimum absolute atomic E-state index is 0.0344. The van der Waals surface area contributed by atoms with Gasteiger partial charge in [-0.1, -0.05) is 72.3 Å². The molecule has 1 aromatic heterocycles. The zero-order valence-electron chi connectivity index (χ0n) is 17.0. The van der Waals surface area contributed by atoms with Crippen molar-refractivity contribution in [3.05, 3.63) is 107 Å². The number of rotatable bonds is 7. The molecule has 0 aliphatic rings. The van der Waals surface area contributed by atoms with Crippen molar-refractivity contribution in [2.45, 2.75) is 32.4 Å². The van der Waals surface area contributed by atoms with Gasteiger partial charge < -0.3 is 9.88 Å². The molecule has 152 valence electrons.